The van der Waals surface area contributed by atoms with Crippen molar-refractivity contribution in [3.05, 3.63) is 33.6 Å². The van der Waals surface area contributed by atoms with E-state index in [1.54, 1.807) is 18.3 Å². The van der Waals surface area contributed by atoms with Crippen LogP contribution in [0.5, 0.6) is 0 Å². The Bertz CT molecular complexity index is 614. The summed E-state index contributed by atoms with van der Waals surface area (Å²) in [5.74, 6) is 0.332. The van der Waals surface area contributed by atoms with Gasteiger partial charge in [-0.25, -0.2) is 8.42 Å². The first kappa shape index (κ1) is 12.1. The van der Waals surface area contributed by atoms with Crippen molar-refractivity contribution in [3.63, 3.8) is 0 Å². The molecule has 0 spiro atoms. The van der Waals surface area contributed by atoms with Crippen molar-refractivity contribution in [1.29, 1.82) is 0 Å². The van der Waals surface area contributed by atoms with Crippen LogP contribution in [0.3, 0.4) is 0 Å². The van der Waals surface area contributed by atoms with Gasteiger partial charge in [0, 0.05) is 14.9 Å². The Balaban J connectivity index is 2.50. The van der Waals surface area contributed by atoms with Crippen LogP contribution in [0.2, 0.25) is 0 Å². The lowest BCUT2D eigenvalue weighted by Crippen LogP contribution is -2.05. The van der Waals surface area contributed by atoms with E-state index in [1.165, 1.54) is 0 Å². The van der Waals surface area contributed by atoms with Gasteiger partial charge in [-0.05, 0) is 34.5 Å². The smallest absolute Gasteiger partial charge is 0.154 e. The number of thiophene rings is 1. The Kier molecular flexibility index (Phi) is 3.37. The molecule has 1 aromatic carbocycles. The molecular weight excluding hydrogens is 308 g/mol. The van der Waals surface area contributed by atoms with E-state index in [-0.39, 0.29) is 11.5 Å². The summed E-state index contributed by atoms with van der Waals surface area (Å²) < 4.78 is 25.3. The number of fused-ring (bicyclic) bond motifs is 1. The summed E-state index contributed by atoms with van der Waals surface area (Å²) >= 11 is 4.99. The predicted molar refractivity (Wildman–Crippen MR) is 72.7 cm³/mol. The molecule has 0 amide bonds. The molecule has 5 heteroatoms. The van der Waals surface area contributed by atoms with Gasteiger partial charge in [-0.2, -0.15) is 0 Å². The minimum Gasteiger partial charge on any atom is -0.229 e. The zero-order valence-corrected chi connectivity index (χ0v) is 12.0. The Morgan fingerprint density at radius 1 is 1.38 bits per heavy atom. The van der Waals surface area contributed by atoms with Gasteiger partial charge < -0.3 is 0 Å². The highest BCUT2D eigenvalue weighted by Crippen LogP contribution is 2.29. The molecular formula is C11H11BrO2S2. The Morgan fingerprint density at radius 3 is 2.81 bits per heavy atom. The van der Waals surface area contributed by atoms with E-state index < -0.39 is 9.84 Å². The number of hydrogen-bond donors (Lipinski definition) is 0. The molecule has 1 aromatic heterocycles. The minimum absolute atomic E-state index is 0.139. The van der Waals surface area contributed by atoms with Crippen LogP contribution in [0.1, 0.15) is 12.5 Å². The SMILES string of the molecule is CCS(=O)(=O)Cc1csc2ccc(Br)cc12. The number of sulfone groups is 1. The van der Waals surface area contributed by atoms with Crippen molar-refractivity contribution in [2.75, 3.05) is 5.75 Å². The van der Waals surface area contributed by atoms with E-state index in [1.807, 2.05) is 23.6 Å². The first-order chi connectivity index (χ1) is 7.52. The van der Waals surface area contributed by atoms with E-state index in [4.69, 9.17) is 0 Å². The fourth-order valence-electron chi connectivity index (χ4n) is 1.50. The summed E-state index contributed by atoms with van der Waals surface area (Å²) in [4.78, 5) is 0. The van der Waals surface area contributed by atoms with Crippen molar-refractivity contribution in [2.45, 2.75) is 12.7 Å². The van der Waals surface area contributed by atoms with Gasteiger partial charge in [-0.3, -0.25) is 0 Å². The Labute approximate surface area is 107 Å². The zero-order chi connectivity index (χ0) is 11.8. The predicted octanol–water partition coefficient (Wildman–Crippen LogP) is 3.60. The third kappa shape index (κ3) is 2.47. The van der Waals surface area contributed by atoms with Gasteiger partial charge in [0.05, 0.1) is 5.75 Å². The summed E-state index contributed by atoms with van der Waals surface area (Å²) in [7, 11) is -2.96. The number of halogens is 1. The quantitative estimate of drug-likeness (QED) is 0.866. The van der Waals surface area contributed by atoms with Crippen molar-refractivity contribution in [3.8, 4) is 0 Å². The molecule has 2 aromatic rings. The van der Waals surface area contributed by atoms with Crippen LogP contribution in [0.25, 0.3) is 10.1 Å². The second-order valence-electron chi connectivity index (χ2n) is 3.58. The third-order valence-corrected chi connectivity index (χ3v) is 5.57. The highest BCUT2D eigenvalue weighted by molar-refractivity contribution is 9.10. The fourth-order valence-corrected chi connectivity index (χ4v) is 3.83. The topological polar surface area (TPSA) is 34.1 Å². The molecule has 2 nitrogen and oxygen atoms in total. The maximum Gasteiger partial charge on any atom is 0.154 e. The van der Waals surface area contributed by atoms with Gasteiger partial charge in [0.2, 0.25) is 0 Å². The van der Waals surface area contributed by atoms with Crippen molar-refractivity contribution in [2.24, 2.45) is 0 Å². The molecule has 0 N–H and O–H groups in total. The molecule has 16 heavy (non-hydrogen) atoms. The highest BCUT2D eigenvalue weighted by Gasteiger charge is 2.13. The van der Waals surface area contributed by atoms with Gasteiger partial charge >= 0.3 is 0 Å². The minimum atomic E-state index is -2.96. The molecule has 86 valence electrons. The standard InChI is InChI=1S/C11H11BrO2S2/c1-2-16(13,14)7-8-6-15-11-4-3-9(12)5-10(8)11/h3-6H,2,7H2,1H3. The second kappa shape index (κ2) is 4.47. The lowest BCUT2D eigenvalue weighted by atomic mass is 10.2. The first-order valence-electron chi connectivity index (χ1n) is 4.88. The lowest BCUT2D eigenvalue weighted by molar-refractivity contribution is 0.596. The molecule has 0 atom stereocenters. The maximum absolute atomic E-state index is 11.6. The molecule has 0 unspecified atom stereocenters. The summed E-state index contributed by atoms with van der Waals surface area (Å²) in [6, 6.07) is 5.95. The molecule has 0 saturated heterocycles. The average Bonchev–Trinajstić information content (AvgIpc) is 2.61. The van der Waals surface area contributed by atoms with Gasteiger partial charge in [-0.1, -0.05) is 22.9 Å². The summed E-state index contributed by atoms with van der Waals surface area (Å²) in [5, 5.41) is 2.97. The van der Waals surface area contributed by atoms with Gasteiger partial charge in [0.25, 0.3) is 0 Å². The van der Waals surface area contributed by atoms with Gasteiger partial charge in [0.1, 0.15) is 0 Å². The molecule has 0 fully saturated rings. The van der Waals surface area contributed by atoms with Crippen LogP contribution < -0.4 is 0 Å². The number of benzene rings is 1. The van der Waals surface area contributed by atoms with Crippen LogP contribution >= 0.6 is 27.3 Å². The monoisotopic (exact) mass is 318 g/mol. The van der Waals surface area contributed by atoms with E-state index in [2.05, 4.69) is 15.9 Å². The fraction of sp³-hybridized carbons (Fsp3) is 0.273. The normalized spacial score (nSPS) is 12.1. The van der Waals surface area contributed by atoms with Crippen LogP contribution in [0, 0.1) is 0 Å². The molecule has 0 aliphatic carbocycles. The third-order valence-electron chi connectivity index (χ3n) is 2.43. The van der Waals surface area contributed by atoms with Gasteiger partial charge in [0.15, 0.2) is 9.84 Å². The number of rotatable bonds is 3. The van der Waals surface area contributed by atoms with Crippen molar-refractivity contribution < 1.29 is 8.42 Å². The summed E-state index contributed by atoms with van der Waals surface area (Å²) in [5.41, 5.74) is 0.906. The molecule has 0 bridgehead atoms. The van der Waals surface area contributed by atoms with E-state index in [9.17, 15) is 8.42 Å². The van der Waals surface area contributed by atoms with Crippen LogP contribution in [-0.2, 0) is 15.6 Å². The molecule has 0 saturated carbocycles. The summed E-state index contributed by atoms with van der Waals surface area (Å²) in [6.07, 6.45) is 0. The molecule has 0 aliphatic rings. The van der Waals surface area contributed by atoms with Crippen LogP contribution in [-0.4, -0.2) is 14.2 Å². The van der Waals surface area contributed by atoms with E-state index in [0.717, 1.165) is 20.1 Å². The second-order valence-corrected chi connectivity index (χ2v) is 7.76. The van der Waals surface area contributed by atoms with E-state index >= 15 is 0 Å². The largest absolute Gasteiger partial charge is 0.229 e. The van der Waals surface area contributed by atoms with Crippen molar-refractivity contribution in [1.82, 2.24) is 0 Å². The molecule has 1 heterocycles. The van der Waals surface area contributed by atoms with Crippen molar-refractivity contribution >= 4 is 47.2 Å². The first-order valence-corrected chi connectivity index (χ1v) is 8.37. The van der Waals surface area contributed by atoms with E-state index in [0.29, 0.717) is 0 Å². The van der Waals surface area contributed by atoms with Crippen LogP contribution in [0.4, 0.5) is 0 Å². The zero-order valence-electron chi connectivity index (χ0n) is 8.73. The average molecular weight is 319 g/mol. The molecule has 0 aliphatic heterocycles. The Hall–Kier alpha value is -0.390. The lowest BCUT2D eigenvalue weighted by Gasteiger charge is -2.00. The molecule has 0 radical (unpaired) electrons. The maximum atomic E-state index is 11.6. The van der Waals surface area contributed by atoms with Crippen LogP contribution in [0.15, 0.2) is 28.1 Å². The summed E-state index contributed by atoms with van der Waals surface area (Å²) in [6.45, 7) is 1.68. The number of hydrogen-bond acceptors (Lipinski definition) is 3. The van der Waals surface area contributed by atoms with Gasteiger partial charge in [-0.15, -0.1) is 11.3 Å². The highest BCUT2D eigenvalue weighted by atomic mass is 79.9. The molecule has 2 rings (SSSR count). The Morgan fingerprint density at radius 2 is 2.12 bits per heavy atom.